The first-order valence-electron chi connectivity index (χ1n) is 12.7. The molecule has 0 unspecified atom stereocenters. The molecule has 11 heteroatoms. The van der Waals surface area contributed by atoms with Crippen LogP contribution in [-0.4, -0.2) is 66.4 Å². The Hall–Kier alpha value is -4.40. The van der Waals surface area contributed by atoms with E-state index in [9.17, 15) is 18.0 Å². The number of nitrogens with one attached hydrogen (secondary N) is 2. The van der Waals surface area contributed by atoms with Crippen molar-refractivity contribution in [2.45, 2.75) is 19.6 Å². The van der Waals surface area contributed by atoms with Gasteiger partial charge in [-0.05, 0) is 49.4 Å². The van der Waals surface area contributed by atoms with E-state index < -0.39 is 17.6 Å². The van der Waals surface area contributed by atoms with E-state index in [4.69, 9.17) is 0 Å². The van der Waals surface area contributed by atoms with Crippen molar-refractivity contribution in [2.24, 2.45) is 10.1 Å². The third-order valence-corrected chi connectivity index (χ3v) is 6.82. The van der Waals surface area contributed by atoms with Crippen LogP contribution >= 0.6 is 0 Å². The minimum absolute atomic E-state index is 0.0804. The Balaban J connectivity index is 1.31. The Morgan fingerprint density at radius 2 is 1.90 bits per heavy atom. The second kappa shape index (κ2) is 11.4. The molecule has 0 radical (unpaired) electrons. The summed E-state index contributed by atoms with van der Waals surface area (Å²) in [4.78, 5) is 21.5. The van der Waals surface area contributed by atoms with Crippen molar-refractivity contribution in [3.05, 3.63) is 87.9 Å². The Morgan fingerprint density at radius 1 is 1.10 bits per heavy atom. The van der Waals surface area contributed by atoms with Gasteiger partial charge >= 0.3 is 6.18 Å². The second-order valence-corrected chi connectivity index (χ2v) is 9.80. The lowest BCUT2D eigenvalue weighted by atomic mass is 10.0. The van der Waals surface area contributed by atoms with E-state index in [0.717, 1.165) is 24.7 Å². The van der Waals surface area contributed by atoms with Gasteiger partial charge in [0, 0.05) is 68.0 Å². The van der Waals surface area contributed by atoms with Gasteiger partial charge in [-0.25, -0.2) is 15.5 Å². The monoisotopic (exact) mass is 547 g/mol. The summed E-state index contributed by atoms with van der Waals surface area (Å²) >= 11 is 0. The van der Waals surface area contributed by atoms with Crippen molar-refractivity contribution in [3.8, 4) is 11.8 Å². The molecule has 40 heavy (non-hydrogen) atoms. The van der Waals surface area contributed by atoms with Gasteiger partial charge in [-0.3, -0.25) is 9.69 Å². The van der Waals surface area contributed by atoms with E-state index in [-0.39, 0.29) is 23.4 Å². The average Bonchev–Trinajstić information content (AvgIpc) is 2.94. The summed E-state index contributed by atoms with van der Waals surface area (Å²) < 4.78 is 41.8. The number of nitrogens with zero attached hydrogens (tertiary/aromatic N) is 5. The quantitative estimate of drug-likeness (QED) is 0.567. The van der Waals surface area contributed by atoms with Gasteiger partial charge in [0.2, 0.25) is 0 Å². The standard InChI is InChI=1S/C29H28F3N7O/c1-20-3-5-23(15-22(20)6-4-21-17-33-27-9-10-34-36-39(27)18-21)28(40)35-25-8-7-24(26(16-25)29(30,31)32)19-38-13-11-37(2)12-14-38/h3,5,7-10,15-18,36H,11-14,19H2,1-2H3,(H,35,40). The first-order valence-corrected chi connectivity index (χ1v) is 12.7. The van der Waals surface area contributed by atoms with Crippen molar-refractivity contribution >= 4 is 24.0 Å². The van der Waals surface area contributed by atoms with Gasteiger partial charge in [-0.2, -0.15) is 18.3 Å². The molecular weight excluding hydrogens is 519 g/mol. The number of aryl methyl sites for hydroxylation is 1. The maximum Gasteiger partial charge on any atom is 0.416 e. The fraction of sp³-hybridized carbons (Fsp3) is 0.276. The molecule has 2 N–H and O–H groups in total. The van der Waals surface area contributed by atoms with Crippen LogP contribution in [0.3, 0.4) is 0 Å². The van der Waals surface area contributed by atoms with Crippen LogP contribution in [0.15, 0.2) is 70.2 Å². The first kappa shape index (κ1) is 27.2. The van der Waals surface area contributed by atoms with Gasteiger partial charge in [-0.15, -0.1) is 0 Å². The number of carbonyl (C=O) groups excluding carboxylic acids is 1. The van der Waals surface area contributed by atoms with E-state index >= 15 is 0 Å². The molecule has 1 saturated heterocycles. The number of alkyl halides is 3. The highest BCUT2D eigenvalue weighted by atomic mass is 19.4. The summed E-state index contributed by atoms with van der Waals surface area (Å²) in [6, 6.07) is 8.98. The summed E-state index contributed by atoms with van der Waals surface area (Å²) in [6.45, 7) is 5.11. The zero-order valence-electron chi connectivity index (χ0n) is 22.1. The fourth-order valence-corrected chi connectivity index (χ4v) is 4.45. The number of benzene rings is 2. The normalized spacial score (nSPS) is 17.3. The molecule has 2 aromatic carbocycles. The number of aliphatic imine (C=N–C) groups is 1. The van der Waals surface area contributed by atoms with E-state index in [2.05, 4.69) is 37.7 Å². The van der Waals surface area contributed by atoms with Gasteiger partial charge in [0.1, 0.15) is 0 Å². The smallest absolute Gasteiger partial charge is 0.322 e. The lowest BCUT2D eigenvalue weighted by Gasteiger charge is -2.33. The molecule has 2 aromatic rings. The van der Waals surface area contributed by atoms with Crippen molar-refractivity contribution < 1.29 is 18.0 Å². The number of amides is 1. The predicted molar refractivity (Wildman–Crippen MR) is 148 cm³/mol. The van der Waals surface area contributed by atoms with E-state index in [1.807, 2.05) is 18.9 Å². The Labute approximate surface area is 230 Å². The molecule has 0 bridgehead atoms. The van der Waals surface area contributed by atoms with Crippen molar-refractivity contribution in [3.63, 3.8) is 0 Å². The highest BCUT2D eigenvalue weighted by Gasteiger charge is 2.34. The average molecular weight is 548 g/mol. The van der Waals surface area contributed by atoms with Crippen molar-refractivity contribution in [2.75, 3.05) is 38.5 Å². The number of hydrogen-bond donors (Lipinski definition) is 2. The van der Waals surface area contributed by atoms with Crippen LogP contribution in [0.25, 0.3) is 0 Å². The lowest BCUT2D eigenvalue weighted by molar-refractivity contribution is -0.138. The summed E-state index contributed by atoms with van der Waals surface area (Å²) in [5.41, 5.74) is 4.71. The number of rotatable bonds is 4. The SMILES string of the molecule is Cc1ccc(C(=O)Nc2ccc(CN3CCN(C)CC3)c(C(F)(F)F)c2)cc1C#CC1=CN2NN=CC=C2N=C1. The molecule has 3 heterocycles. The third-order valence-electron chi connectivity index (χ3n) is 6.82. The van der Waals surface area contributed by atoms with Crippen LogP contribution in [0, 0.1) is 18.8 Å². The molecule has 5 rings (SSSR count). The number of hydrogen-bond acceptors (Lipinski definition) is 7. The maximum atomic E-state index is 13.9. The van der Waals surface area contributed by atoms with E-state index in [1.54, 1.807) is 47.9 Å². The molecule has 0 saturated carbocycles. The molecule has 8 nitrogen and oxygen atoms in total. The molecule has 1 fully saturated rings. The predicted octanol–water partition coefficient (Wildman–Crippen LogP) is 3.98. The number of anilines is 1. The maximum absolute atomic E-state index is 13.9. The van der Waals surface area contributed by atoms with Gasteiger partial charge < -0.3 is 10.2 Å². The Bertz CT molecular complexity index is 1490. The van der Waals surface area contributed by atoms with E-state index in [0.29, 0.717) is 30.0 Å². The summed E-state index contributed by atoms with van der Waals surface area (Å²) in [5, 5.41) is 8.19. The number of piperazine rings is 1. The van der Waals surface area contributed by atoms with Gasteiger partial charge in [-0.1, -0.05) is 24.0 Å². The topological polar surface area (TPSA) is 75.6 Å². The molecule has 3 aliphatic rings. The minimum Gasteiger partial charge on any atom is -0.322 e. The van der Waals surface area contributed by atoms with Crippen LogP contribution in [0.5, 0.6) is 0 Å². The number of halogens is 3. The highest BCUT2D eigenvalue weighted by molar-refractivity contribution is 6.04. The zero-order chi connectivity index (χ0) is 28.3. The molecule has 0 spiro atoms. The molecule has 3 aliphatic heterocycles. The highest BCUT2D eigenvalue weighted by Crippen LogP contribution is 2.34. The number of fused-ring (bicyclic) bond motifs is 1. The Morgan fingerprint density at radius 3 is 2.67 bits per heavy atom. The summed E-state index contributed by atoms with van der Waals surface area (Å²) in [5.74, 6) is 6.24. The van der Waals surface area contributed by atoms with Crippen LogP contribution < -0.4 is 10.9 Å². The molecule has 0 aromatic heterocycles. The molecular formula is C29H28F3N7O. The lowest BCUT2D eigenvalue weighted by Crippen LogP contribution is -2.44. The molecule has 0 atom stereocenters. The van der Waals surface area contributed by atoms with Crippen LogP contribution in [0.2, 0.25) is 0 Å². The van der Waals surface area contributed by atoms with Gasteiger partial charge in [0.15, 0.2) is 5.82 Å². The van der Waals surface area contributed by atoms with Crippen molar-refractivity contribution in [1.29, 1.82) is 0 Å². The zero-order valence-corrected chi connectivity index (χ0v) is 22.1. The fourth-order valence-electron chi connectivity index (χ4n) is 4.45. The number of carbonyl (C=O) groups is 1. The Kier molecular flexibility index (Phi) is 7.73. The van der Waals surface area contributed by atoms with Crippen LogP contribution in [0.1, 0.15) is 32.6 Å². The second-order valence-electron chi connectivity index (χ2n) is 9.80. The summed E-state index contributed by atoms with van der Waals surface area (Å²) in [7, 11) is 2.00. The van der Waals surface area contributed by atoms with Crippen LogP contribution in [-0.2, 0) is 12.7 Å². The number of hydrazone groups is 1. The number of likely N-dealkylation sites (N-methyl/N-ethyl adjacent to an activating group) is 1. The number of allylic oxidation sites excluding steroid dienone is 2. The molecule has 206 valence electrons. The van der Waals surface area contributed by atoms with Gasteiger partial charge in [0.05, 0.1) is 17.4 Å². The largest absolute Gasteiger partial charge is 0.416 e. The van der Waals surface area contributed by atoms with Gasteiger partial charge in [0.25, 0.3) is 5.91 Å². The minimum atomic E-state index is -4.54. The van der Waals surface area contributed by atoms with E-state index in [1.165, 1.54) is 12.1 Å². The van der Waals surface area contributed by atoms with Crippen LogP contribution in [0.4, 0.5) is 18.9 Å². The number of hydrazine groups is 1. The molecule has 1 amide bonds. The summed E-state index contributed by atoms with van der Waals surface area (Å²) in [6.07, 6.45) is 2.19. The van der Waals surface area contributed by atoms with Crippen molar-refractivity contribution in [1.82, 2.24) is 20.3 Å². The first-order chi connectivity index (χ1) is 19.2. The third kappa shape index (κ3) is 6.42. The molecule has 0 aliphatic carbocycles.